The minimum absolute atomic E-state index is 0.0160. The number of benzene rings is 2. The van der Waals surface area contributed by atoms with Crippen molar-refractivity contribution in [2.75, 3.05) is 0 Å². The van der Waals surface area contributed by atoms with Crippen molar-refractivity contribution in [1.82, 2.24) is 4.57 Å². The Balaban J connectivity index is 2.31. The van der Waals surface area contributed by atoms with Crippen LogP contribution in [-0.4, -0.2) is 10.4 Å². The zero-order valence-electron chi connectivity index (χ0n) is 14.9. The number of nitriles is 2. The van der Waals surface area contributed by atoms with Crippen molar-refractivity contribution in [3.8, 4) is 29.1 Å². The van der Waals surface area contributed by atoms with Crippen molar-refractivity contribution in [2.45, 2.75) is 20.8 Å². The van der Waals surface area contributed by atoms with Gasteiger partial charge in [0.05, 0.1) is 29.0 Å². The maximum absolute atomic E-state index is 12.2. The Morgan fingerprint density at radius 2 is 1.38 bits per heavy atom. The lowest BCUT2D eigenvalue weighted by atomic mass is 10.0. The predicted molar refractivity (Wildman–Crippen MR) is 100 cm³/mol. The maximum atomic E-state index is 12.2. The molecule has 3 aromatic rings. The largest absolute Gasteiger partial charge is 0.313 e. The number of ketones is 1. The highest BCUT2D eigenvalue weighted by atomic mass is 16.1. The van der Waals surface area contributed by atoms with Crippen molar-refractivity contribution >= 4 is 5.78 Å². The van der Waals surface area contributed by atoms with E-state index in [1.807, 2.05) is 42.7 Å². The number of Topliss-reactive ketones (excluding diaryl/α,β-unsaturated/α-hetero) is 1. The molecule has 0 N–H and O–H groups in total. The van der Waals surface area contributed by atoms with E-state index in [1.165, 1.54) is 0 Å². The number of hydrogen-bond acceptors (Lipinski definition) is 3. The predicted octanol–water partition coefficient (Wildman–Crippen LogP) is 4.71. The fourth-order valence-electron chi connectivity index (χ4n) is 3.41. The van der Waals surface area contributed by atoms with Gasteiger partial charge in [-0.05, 0) is 68.3 Å². The molecule has 0 atom stereocenters. The summed E-state index contributed by atoms with van der Waals surface area (Å²) in [6, 6.07) is 18.9. The lowest BCUT2D eigenvalue weighted by Crippen LogP contribution is -2.01. The van der Waals surface area contributed by atoms with E-state index in [4.69, 9.17) is 10.5 Å². The SMILES string of the molecule is CC(=O)c1c(C)c(-c2ccc(C#N)cc2)n(-c2ccc(C#N)cc2)c1C. The van der Waals surface area contributed by atoms with Crippen LogP contribution in [0.3, 0.4) is 0 Å². The van der Waals surface area contributed by atoms with Crippen LogP contribution in [0.1, 0.15) is 39.7 Å². The second-order valence-corrected chi connectivity index (χ2v) is 6.17. The molecule has 4 heteroatoms. The molecule has 0 saturated carbocycles. The molecule has 1 aromatic heterocycles. The number of rotatable bonds is 3. The van der Waals surface area contributed by atoms with Gasteiger partial charge in [0.25, 0.3) is 0 Å². The standard InChI is InChI=1S/C22H17N3O/c1-14-21(16(3)26)15(2)25(20-10-6-18(13-24)7-11-20)22(14)19-8-4-17(12-23)5-9-19/h4-11H,1-3H3. The van der Waals surface area contributed by atoms with Crippen LogP contribution in [0.2, 0.25) is 0 Å². The summed E-state index contributed by atoms with van der Waals surface area (Å²) in [6.07, 6.45) is 0. The van der Waals surface area contributed by atoms with Gasteiger partial charge in [0, 0.05) is 16.9 Å². The van der Waals surface area contributed by atoms with Gasteiger partial charge in [-0.1, -0.05) is 12.1 Å². The summed E-state index contributed by atoms with van der Waals surface area (Å²) in [5, 5.41) is 18.1. The van der Waals surface area contributed by atoms with Crippen LogP contribution < -0.4 is 0 Å². The highest BCUT2D eigenvalue weighted by molar-refractivity contribution is 5.99. The van der Waals surface area contributed by atoms with E-state index < -0.39 is 0 Å². The van der Waals surface area contributed by atoms with E-state index in [-0.39, 0.29) is 5.78 Å². The Kier molecular flexibility index (Phi) is 4.43. The molecule has 0 saturated heterocycles. The molecule has 1 heterocycles. The molecule has 126 valence electrons. The average molecular weight is 339 g/mol. The maximum Gasteiger partial charge on any atom is 0.161 e. The van der Waals surface area contributed by atoms with Gasteiger partial charge in [0.15, 0.2) is 5.78 Å². The summed E-state index contributed by atoms with van der Waals surface area (Å²) in [4.78, 5) is 12.2. The quantitative estimate of drug-likeness (QED) is 0.649. The van der Waals surface area contributed by atoms with Gasteiger partial charge in [-0.3, -0.25) is 4.79 Å². The molecular formula is C22H17N3O. The number of carbonyl (C=O) groups excluding carboxylic acids is 1. The van der Waals surface area contributed by atoms with E-state index in [1.54, 1.807) is 31.2 Å². The van der Waals surface area contributed by atoms with Gasteiger partial charge in [0.1, 0.15) is 0 Å². The third-order valence-electron chi connectivity index (χ3n) is 4.55. The Bertz CT molecular complexity index is 992. The third-order valence-corrected chi connectivity index (χ3v) is 4.55. The van der Waals surface area contributed by atoms with Gasteiger partial charge >= 0.3 is 0 Å². The van der Waals surface area contributed by atoms with Crippen LogP contribution in [0.4, 0.5) is 0 Å². The Morgan fingerprint density at radius 3 is 1.85 bits per heavy atom. The smallest absolute Gasteiger partial charge is 0.161 e. The van der Waals surface area contributed by atoms with Gasteiger partial charge in [-0.15, -0.1) is 0 Å². The normalized spacial score (nSPS) is 10.2. The van der Waals surface area contributed by atoms with Crippen LogP contribution >= 0.6 is 0 Å². The number of carbonyl (C=O) groups is 1. The van der Waals surface area contributed by atoms with E-state index in [9.17, 15) is 4.79 Å². The number of hydrogen-bond donors (Lipinski definition) is 0. The van der Waals surface area contributed by atoms with Crippen LogP contribution in [0, 0.1) is 36.5 Å². The van der Waals surface area contributed by atoms with E-state index in [0.29, 0.717) is 16.7 Å². The molecule has 0 spiro atoms. The second-order valence-electron chi connectivity index (χ2n) is 6.17. The molecule has 0 aliphatic carbocycles. The highest BCUT2D eigenvalue weighted by Gasteiger charge is 2.22. The Labute approximate surface area is 152 Å². The number of nitrogens with zero attached hydrogens (tertiary/aromatic N) is 3. The summed E-state index contributed by atoms with van der Waals surface area (Å²) in [5.74, 6) is 0.0160. The highest BCUT2D eigenvalue weighted by Crippen LogP contribution is 2.34. The van der Waals surface area contributed by atoms with Crippen molar-refractivity contribution in [3.05, 3.63) is 76.5 Å². The van der Waals surface area contributed by atoms with E-state index >= 15 is 0 Å². The first-order chi connectivity index (χ1) is 12.5. The molecule has 0 amide bonds. The zero-order chi connectivity index (χ0) is 18.8. The molecule has 0 unspecified atom stereocenters. The van der Waals surface area contributed by atoms with Gasteiger partial charge in [0.2, 0.25) is 0 Å². The molecule has 0 aliphatic rings. The van der Waals surface area contributed by atoms with Gasteiger partial charge in [-0.2, -0.15) is 10.5 Å². The molecular weight excluding hydrogens is 322 g/mol. The van der Waals surface area contributed by atoms with Gasteiger partial charge in [-0.25, -0.2) is 0 Å². The monoisotopic (exact) mass is 339 g/mol. The van der Waals surface area contributed by atoms with Crippen molar-refractivity contribution in [3.63, 3.8) is 0 Å². The summed E-state index contributed by atoms with van der Waals surface area (Å²) >= 11 is 0. The summed E-state index contributed by atoms with van der Waals surface area (Å²) in [5.41, 5.74) is 6.38. The Morgan fingerprint density at radius 1 is 0.885 bits per heavy atom. The molecule has 3 rings (SSSR count). The lowest BCUT2D eigenvalue weighted by Gasteiger charge is -2.13. The van der Waals surface area contributed by atoms with E-state index in [0.717, 1.165) is 28.2 Å². The summed E-state index contributed by atoms with van der Waals surface area (Å²) in [6.45, 7) is 5.44. The molecule has 0 aliphatic heterocycles. The van der Waals surface area contributed by atoms with Crippen molar-refractivity contribution in [2.24, 2.45) is 0 Å². The van der Waals surface area contributed by atoms with Crippen LogP contribution in [-0.2, 0) is 0 Å². The minimum atomic E-state index is 0.0160. The minimum Gasteiger partial charge on any atom is -0.313 e. The van der Waals surface area contributed by atoms with E-state index in [2.05, 4.69) is 12.1 Å². The summed E-state index contributed by atoms with van der Waals surface area (Å²) in [7, 11) is 0. The topological polar surface area (TPSA) is 69.6 Å². The summed E-state index contributed by atoms with van der Waals surface area (Å²) < 4.78 is 2.04. The molecule has 0 bridgehead atoms. The molecule has 0 radical (unpaired) electrons. The lowest BCUT2D eigenvalue weighted by molar-refractivity contribution is 0.101. The first-order valence-corrected chi connectivity index (χ1v) is 8.21. The Hall–Kier alpha value is -3.63. The molecule has 0 fully saturated rings. The molecule has 2 aromatic carbocycles. The third kappa shape index (κ3) is 2.79. The fourth-order valence-corrected chi connectivity index (χ4v) is 3.41. The van der Waals surface area contributed by atoms with Crippen LogP contribution in [0.5, 0.6) is 0 Å². The average Bonchev–Trinajstić information content (AvgIpc) is 2.92. The first kappa shape index (κ1) is 17.2. The van der Waals surface area contributed by atoms with Gasteiger partial charge < -0.3 is 4.57 Å². The molecule has 26 heavy (non-hydrogen) atoms. The number of aromatic nitrogens is 1. The first-order valence-electron chi connectivity index (χ1n) is 8.21. The van der Waals surface area contributed by atoms with Crippen molar-refractivity contribution in [1.29, 1.82) is 10.5 Å². The zero-order valence-corrected chi connectivity index (χ0v) is 14.9. The fraction of sp³-hybridized carbons (Fsp3) is 0.136. The van der Waals surface area contributed by atoms with Crippen molar-refractivity contribution < 1.29 is 4.79 Å². The van der Waals surface area contributed by atoms with Crippen LogP contribution in [0.25, 0.3) is 16.9 Å². The van der Waals surface area contributed by atoms with Crippen LogP contribution in [0.15, 0.2) is 48.5 Å². The molecule has 4 nitrogen and oxygen atoms in total. The second kappa shape index (κ2) is 6.70.